The summed E-state index contributed by atoms with van der Waals surface area (Å²) in [6.07, 6.45) is 1.62. The van der Waals surface area contributed by atoms with E-state index in [2.05, 4.69) is 0 Å². The molecule has 0 amide bonds. The molecule has 0 aliphatic rings. The van der Waals surface area contributed by atoms with Crippen molar-refractivity contribution in [2.45, 2.75) is 20.8 Å². The zero-order valence-electron chi connectivity index (χ0n) is 9.63. The van der Waals surface area contributed by atoms with E-state index in [4.69, 9.17) is 4.74 Å². The van der Waals surface area contributed by atoms with Gasteiger partial charge in [0.15, 0.2) is 5.78 Å². The van der Waals surface area contributed by atoms with Crippen LogP contribution in [0.3, 0.4) is 0 Å². The lowest BCUT2D eigenvalue weighted by molar-refractivity contribution is 0.104. The molecular formula is C13H16O2. The maximum absolute atomic E-state index is 11.8. The summed E-state index contributed by atoms with van der Waals surface area (Å²) in [5.41, 5.74) is 2.67. The van der Waals surface area contributed by atoms with Gasteiger partial charge in [-0.2, -0.15) is 0 Å². The first-order valence-electron chi connectivity index (χ1n) is 4.88. The third-order valence-electron chi connectivity index (χ3n) is 2.04. The standard InChI is InChI=1S/C13H16O2/c1-9(2)7-12(14)11-8-10(3)5-6-13(11)15-4/h5-8H,1-4H3. The molecule has 0 N–H and O–H groups in total. The van der Waals surface area contributed by atoms with E-state index < -0.39 is 0 Å². The van der Waals surface area contributed by atoms with Crippen LogP contribution in [-0.4, -0.2) is 12.9 Å². The molecule has 80 valence electrons. The Labute approximate surface area is 90.6 Å². The van der Waals surface area contributed by atoms with Crippen LogP contribution >= 0.6 is 0 Å². The van der Waals surface area contributed by atoms with Crippen molar-refractivity contribution >= 4 is 5.78 Å². The Bertz CT molecular complexity index is 399. The average Bonchev–Trinajstić information content (AvgIpc) is 2.16. The van der Waals surface area contributed by atoms with E-state index in [-0.39, 0.29) is 5.78 Å². The van der Waals surface area contributed by atoms with Gasteiger partial charge in [0.2, 0.25) is 0 Å². The maximum Gasteiger partial charge on any atom is 0.189 e. The van der Waals surface area contributed by atoms with Gasteiger partial charge in [0.1, 0.15) is 5.75 Å². The smallest absolute Gasteiger partial charge is 0.189 e. The highest BCUT2D eigenvalue weighted by molar-refractivity contribution is 6.06. The van der Waals surface area contributed by atoms with Crippen molar-refractivity contribution in [1.29, 1.82) is 0 Å². The Morgan fingerprint density at radius 3 is 2.53 bits per heavy atom. The molecule has 0 aliphatic carbocycles. The lowest BCUT2D eigenvalue weighted by Gasteiger charge is -2.06. The second kappa shape index (κ2) is 4.78. The van der Waals surface area contributed by atoms with Crippen LogP contribution in [0.1, 0.15) is 29.8 Å². The molecule has 1 aromatic carbocycles. The predicted molar refractivity (Wildman–Crippen MR) is 61.5 cm³/mol. The predicted octanol–water partition coefficient (Wildman–Crippen LogP) is 3.15. The van der Waals surface area contributed by atoms with E-state index in [1.54, 1.807) is 13.2 Å². The molecule has 0 bridgehead atoms. The molecule has 2 nitrogen and oxygen atoms in total. The number of carbonyl (C=O) groups is 1. The number of hydrogen-bond acceptors (Lipinski definition) is 2. The number of carbonyl (C=O) groups excluding carboxylic acids is 1. The SMILES string of the molecule is COc1ccc(C)cc1C(=O)C=C(C)C. The van der Waals surface area contributed by atoms with Gasteiger partial charge in [-0.1, -0.05) is 17.2 Å². The summed E-state index contributed by atoms with van der Waals surface area (Å²) in [5.74, 6) is 0.624. The van der Waals surface area contributed by atoms with Gasteiger partial charge in [-0.15, -0.1) is 0 Å². The quantitative estimate of drug-likeness (QED) is 0.558. The highest BCUT2D eigenvalue weighted by Gasteiger charge is 2.09. The lowest BCUT2D eigenvalue weighted by atomic mass is 10.1. The van der Waals surface area contributed by atoms with Crippen LogP contribution in [0.2, 0.25) is 0 Å². The summed E-state index contributed by atoms with van der Waals surface area (Å²) in [5, 5.41) is 0. The maximum atomic E-state index is 11.8. The van der Waals surface area contributed by atoms with Crippen molar-refractivity contribution in [3.05, 3.63) is 41.0 Å². The minimum atomic E-state index is -0.00412. The summed E-state index contributed by atoms with van der Waals surface area (Å²) in [6.45, 7) is 5.76. The van der Waals surface area contributed by atoms with Crippen molar-refractivity contribution in [3.63, 3.8) is 0 Å². The molecule has 0 saturated carbocycles. The Balaban J connectivity index is 3.17. The summed E-state index contributed by atoms with van der Waals surface area (Å²) in [7, 11) is 1.57. The number of aryl methyl sites for hydroxylation is 1. The van der Waals surface area contributed by atoms with Gasteiger partial charge in [-0.25, -0.2) is 0 Å². The molecule has 0 aromatic heterocycles. The molecule has 0 heterocycles. The molecule has 0 fully saturated rings. The van der Waals surface area contributed by atoms with Crippen LogP contribution in [0.15, 0.2) is 29.8 Å². The van der Waals surface area contributed by atoms with E-state index in [1.807, 2.05) is 39.0 Å². The van der Waals surface area contributed by atoms with Gasteiger partial charge in [0, 0.05) is 0 Å². The van der Waals surface area contributed by atoms with Crippen LogP contribution in [0.5, 0.6) is 5.75 Å². The monoisotopic (exact) mass is 204 g/mol. The number of methoxy groups -OCH3 is 1. The summed E-state index contributed by atoms with van der Waals surface area (Å²) < 4.78 is 5.15. The van der Waals surface area contributed by atoms with Gasteiger partial charge in [0.05, 0.1) is 12.7 Å². The van der Waals surface area contributed by atoms with Crippen LogP contribution in [-0.2, 0) is 0 Å². The Morgan fingerprint density at radius 2 is 2.00 bits per heavy atom. The summed E-state index contributed by atoms with van der Waals surface area (Å²) in [4.78, 5) is 11.8. The average molecular weight is 204 g/mol. The number of ether oxygens (including phenoxy) is 1. The molecule has 0 aliphatic heterocycles. The number of allylic oxidation sites excluding steroid dienone is 2. The Morgan fingerprint density at radius 1 is 1.33 bits per heavy atom. The van der Waals surface area contributed by atoms with Crippen LogP contribution in [0, 0.1) is 6.92 Å². The lowest BCUT2D eigenvalue weighted by Crippen LogP contribution is -2.00. The molecular weight excluding hydrogens is 188 g/mol. The third kappa shape index (κ3) is 2.94. The topological polar surface area (TPSA) is 26.3 Å². The molecule has 0 unspecified atom stereocenters. The van der Waals surface area contributed by atoms with Gasteiger partial charge in [-0.05, 0) is 39.0 Å². The fourth-order valence-corrected chi connectivity index (χ4v) is 1.35. The molecule has 0 saturated heterocycles. The van der Waals surface area contributed by atoms with Gasteiger partial charge in [0.25, 0.3) is 0 Å². The highest BCUT2D eigenvalue weighted by Crippen LogP contribution is 2.20. The van der Waals surface area contributed by atoms with Crippen molar-refractivity contribution in [2.24, 2.45) is 0 Å². The van der Waals surface area contributed by atoms with Crippen LogP contribution in [0.4, 0.5) is 0 Å². The molecule has 0 radical (unpaired) electrons. The normalized spacial score (nSPS) is 9.60. The molecule has 2 heteroatoms. The van der Waals surface area contributed by atoms with E-state index in [1.165, 1.54) is 0 Å². The van der Waals surface area contributed by atoms with Gasteiger partial charge in [-0.3, -0.25) is 4.79 Å². The molecule has 0 atom stereocenters. The van der Waals surface area contributed by atoms with E-state index in [9.17, 15) is 4.79 Å². The van der Waals surface area contributed by atoms with Gasteiger partial charge < -0.3 is 4.74 Å². The van der Waals surface area contributed by atoms with Crippen molar-refractivity contribution in [3.8, 4) is 5.75 Å². The first-order chi connectivity index (χ1) is 7.04. The van der Waals surface area contributed by atoms with Crippen molar-refractivity contribution in [1.82, 2.24) is 0 Å². The van der Waals surface area contributed by atoms with E-state index in [0.29, 0.717) is 11.3 Å². The van der Waals surface area contributed by atoms with Gasteiger partial charge >= 0.3 is 0 Å². The Kier molecular flexibility index (Phi) is 3.67. The first-order valence-corrected chi connectivity index (χ1v) is 4.88. The first kappa shape index (κ1) is 11.5. The second-order valence-corrected chi connectivity index (χ2v) is 3.79. The largest absolute Gasteiger partial charge is 0.496 e. The molecule has 0 spiro atoms. The molecule has 1 aromatic rings. The zero-order chi connectivity index (χ0) is 11.4. The number of ketones is 1. The van der Waals surface area contributed by atoms with Crippen molar-refractivity contribution in [2.75, 3.05) is 7.11 Å². The van der Waals surface area contributed by atoms with Crippen LogP contribution in [0.25, 0.3) is 0 Å². The van der Waals surface area contributed by atoms with Crippen molar-refractivity contribution < 1.29 is 9.53 Å². The minimum Gasteiger partial charge on any atom is -0.496 e. The second-order valence-electron chi connectivity index (χ2n) is 3.79. The minimum absolute atomic E-state index is 0.00412. The number of benzene rings is 1. The van der Waals surface area contributed by atoms with E-state index >= 15 is 0 Å². The fraction of sp³-hybridized carbons (Fsp3) is 0.308. The zero-order valence-corrected chi connectivity index (χ0v) is 9.63. The Hall–Kier alpha value is -1.57. The number of rotatable bonds is 3. The third-order valence-corrected chi connectivity index (χ3v) is 2.04. The fourth-order valence-electron chi connectivity index (χ4n) is 1.35. The van der Waals surface area contributed by atoms with E-state index in [0.717, 1.165) is 11.1 Å². The summed E-state index contributed by atoms with van der Waals surface area (Å²) in [6, 6.07) is 5.60. The molecule has 1 rings (SSSR count). The highest BCUT2D eigenvalue weighted by atomic mass is 16.5. The number of hydrogen-bond donors (Lipinski definition) is 0. The van der Waals surface area contributed by atoms with Crippen LogP contribution < -0.4 is 4.74 Å². The summed E-state index contributed by atoms with van der Waals surface area (Å²) >= 11 is 0. The molecule has 15 heavy (non-hydrogen) atoms.